The molecule has 0 aliphatic carbocycles. The second-order valence-electron chi connectivity index (χ2n) is 14.1. The van der Waals surface area contributed by atoms with Crippen molar-refractivity contribution in [1.82, 2.24) is 11.5 Å². The van der Waals surface area contributed by atoms with Crippen LogP contribution >= 0.6 is 0 Å². The third-order valence-corrected chi connectivity index (χ3v) is 9.09. The minimum Gasteiger partial charge on any atom is -0.465 e. The van der Waals surface area contributed by atoms with Crippen LogP contribution in [-0.2, 0) is 14.3 Å². The second kappa shape index (κ2) is 34.8. The van der Waals surface area contributed by atoms with Crippen molar-refractivity contribution in [2.75, 3.05) is 13.2 Å². The van der Waals surface area contributed by atoms with E-state index >= 15 is 0 Å². The Hall–Kier alpha value is -1.10. The lowest BCUT2D eigenvalue weighted by molar-refractivity contribution is -0.154. The van der Waals surface area contributed by atoms with Crippen molar-refractivity contribution in [3.63, 3.8) is 0 Å². The Balaban J connectivity index is 0. The summed E-state index contributed by atoms with van der Waals surface area (Å²) in [4.78, 5) is 24.7. The van der Waals surface area contributed by atoms with Gasteiger partial charge in [-0.15, -0.1) is 0 Å². The summed E-state index contributed by atoms with van der Waals surface area (Å²) < 4.78 is 5.55. The minimum absolute atomic E-state index is 0. The summed E-state index contributed by atoms with van der Waals surface area (Å²) in [5.74, 6) is 0.0352. The highest BCUT2D eigenvalue weighted by Gasteiger charge is 2.28. The summed E-state index contributed by atoms with van der Waals surface area (Å²) in [5, 5.41) is 2.99. The van der Waals surface area contributed by atoms with Crippen molar-refractivity contribution in [2.45, 2.75) is 220 Å². The van der Waals surface area contributed by atoms with Crippen molar-refractivity contribution in [2.24, 2.45) is 5.41 Å². The van der Waals surface area contributed by atoms with Crippen LogP contribution in [0.3, 0.4) is 0 Å². The molecule has 0 fully saturated rings. The maximum atomic E-state index is 12.6. The van der Waals surface area contributed by atoms with Gasteiger partial charge in [0.25, 0.3) is 0 Å². The lowest BCUT2D eigenvalue weighted by atomic mass is 9.87. The quantitative estimate of drug-likeness (QED) is 0.0550. The molecule has 0 unspecified atom stereocenters. The van der Waals surface area contributed by atoms with Gasteiger partial charge in [0, 0.05) is 13.0 Å². The number of rotatable bonds is 34. The lowest BCUT2D eigenvalue weighted by Gasteiger charge is -2.22. The topological polar surface area (TPSA) is 90.4 Å². The fraction of sp³-hybridized carbons (Fsp3) is 0.949. The lowest BCUT2D eigenvalue weighted by Crippen LogP contribution is -2.29. The van der Waals surface area contributed by atoms with Crippen LogP contribution in [0.5, 0.6) is 0 Å². The highest BCUT2D eigenvalue weighted by atomic mass is 16.5. The molecule has 0 bridgehead atoms. The molecule has 44 heavy (non-hydrogen) atoms. The fourth-order valence-corrected chi connectivity index (χ4v) is 5.92. The van der Waals surface area contributed by atoms with Gasteiger partial charge in [-0.25, -0.2) is 0 Å². The third-order valence-electron chi connectivity index (χ3n) is 9.09. The van der Waals surface area contributed by atoms with E-state index in [1.165, 1.54) is 154 Å². The van der Waals surface area contributed by atoms with Crippen LogP contribution in [0.1, 0.15) is 220 Å². The van der Waals surface area contributed by atoms with Crippen LogP contribution < -0.4 is 11.5 Å². The van der Waals surface area contributed by atoms with Gasteiger partial charge in [-0.05, 0) is 33.1 Å². The van der Waals surface area contributed by atoms with E-state index in [4.69, 9.17) is 4.74 Å². The molecule has 0 rings (SSSR count). The molecule has 0 aromatic heterocycles. The van der Waals surface area contributed by atoms with E-state index in [-0.39, 0.29) is 18.0 Å². The van der Waals surface area contributed by atoms with Gasteiger partial charge in [-0.2, -0.15) is 0 Å². The standard InChI is InChI=1S/C39H77NO3.H3N/c1-5-7-9-11-13-15-17-19-20-21-22-24-26-28-30-33-37(41)40-35-32-36-43-38(42)39(3,4)34-31-29-27-25-23-18-16-14-12-10-8-6-2;/h5-36H2,1-4H3,(H,40,41);1H3. The number of carbonyl (C=O) groups is 2. The van der Waals surface area contributed by atoms with E-state index in [1.54, 1.807) is 0 Å². The first-order chi connectivity index (χ1) is 20.9. The first kappa shape index (κ1) is 45.0. The Morgan fingerprint density at radius 1 is 0.500 bits per heavy atom. The predicted octanol–water partition coefficient (Wildman–Crippen LogP) is 12.6. The highest BCUT2D eigenvalue weighted by Crippen LogP contribution is 2.26. The molecular weight excluding hydrogens is 544 g/mol. The average Bonchev–Trinajstić information content (AvgIpc) is 2.99. The first-order valence-corrected chi connectivity index (χ1v) is 19.4. The second-order valence-corrected chi connectivity index (χ2v) is 14.1. The molecule has 0 heterocycles. The zero-order valence-electron chi connectivity index (χ0n) is 30.6. The molecule has 5 nitrogen and oxygen atoms in total. The molecule has 264 valence electrons. The molecule has 0 aromatic rings. The van der Waals surface area contributed by atoms with Gasteiger partial charge in [0.2, 0.25) is 5.91 Å². The van der Waals surface area contributed by atoms with Crippen LogP contribution in [0.25, 0.3) is 0 Å². The molecule has 0 saturated heterocycles. The largest absolute Gasteiger partial charge is 0.465 e. The van der Waals surface area contributed by atoms with E-state index in [9.17, 15) is 9.59 Å². The van der Waals surface area contributed by atoms with E-state index < -0.39 is 5.41 Å². The first-order valence-electron chi connectivity index (χ1n) is 19.4. The Morgan fingerprint density at radius 3 is 1.23 bits per heavy atom. The molecule has 0 radical (unpaired) electrons. The normalized spacial score (nSPS) is 11.4. The third kappa shape index (κ3) is 32.3. The van der Waals surface area contributed by atoms with Gasteiger partial charge in [-0.1, -0.05) is 181 Å². The number of hydrogen-bond donors (Lipinski definition) is 2. The minimum atomic E-state index is -0.421. The Bertz CT molecular complexity index is 608. The van der Waals surface area contributed by atoms with Gasteiger partial charge in [-0.3, -0.25) is 9.59 Å². The van der Waals surface area contributed by atoms with E-state index in [0.29, 0.717) is 26.0 Å². The van der Waals surface area contributed by atoms with Gasteiger partial charge < -0.3 is 16.2 Å². The van der Waals surface area contributed by atoms with Gasteiger partial charge in [0.05, 0.1) is 12.0 Å². The van der Waals surface area contributed by atoms with Crippen molar-refractivity contribution in [3.8, 4) is 0 Å². The van der Waals surface area contributed by atoms with Crippen LogP contribution in [0.15, 0.2) is 0 Å². The van der Waals surface area contributed by atoms with Crippen molar-refractivity contribution < 1.29 is 14.3 Å². The number of unbranched alkanes of at least 4 members (excludes halogenated alkanes) is 25. The van der Waals surface area contributed by atoms with E-state index in [2.05, 4.69) is 19.2 Å². The van der Waals surface area contributed by atoms with E-state index in [1.807, 2.05) is 13.8 Å². The molecule has 0 saturated carbocycles. The Morgan fingerprint density at radius 2 is 0.841 bits per heavy atom. The maximum absolute atomic E-state index is 12.6. The molecule has 0 aromatic carbocycles. The number of esters is 1. The van der Waals surface area contributed by atoms with Crippen LogP contribution in [0, 0.1) is 5.41 Å². The van der Waals surface area contributed by atoms with Gasteiger partial charge >= 0.3 is 5.97 Å². The highest BCUT2D eigenvalue weighted by molar-refractivity contribution is 5.76. The molecule has 0 atom stereocenters. The summed E-state index contributed by atoms with van der Waals surface area (Å²) in [6, 6.07) is 0. The zero-order valence-corrected chi connectivity index (χ0v) is 30.6. The van der Waals surface area contributed by atoms with Gasteiger partial charge in [0.1, 0.15) is 0 Å². The van der Waals surface area contributed by atoms with E-state index in [0.717, 1.165) is 25.7 Å². The van der Waals surface area contributed by atoms with Crippen molar-refractivity contribution in [1.29, 1.82) is 0 Å². The molecule has 0 aliphatic heterocycles. The summed E-state index contributed by atoms with van der Waals surface area (Å²) in [6.45, 7) is 9.54. The molecule has 4 N–H and O–H groups in total. The number of nitrogens with one attached hydrogen (secondary N) is 1. The van der Waals surface area contributed by atoms with Crippen LogP contribution in [0.2, 0.25) is 0 Å². The summed E-state index contributed by atoms with van der Waals surface area (Å²) >= 11 is 0. The van der Waals surface area contributed by atoms with Gasteiger partial charge in [0.15, 0.2) is 0 Å². The SMILES string of the molecule is CCCCCCCCCCCCCCCCCC(=O)NCCCOC(=O)C(C)(C)CCCCCCCCCCCCCC.N. The number of amides is 1. The smallest absolute Gasteiger partial charge is 0.311 e. The molecule has 5 heteroatoms. The average molecular weight is 625 g/mol. The molecule has 0 spiro atoms. The number of ether oxygens (including phenoxy) is 1. The zero-order chi connectivity index (χ0) is 31.7. The fourth-order valence-electron chi connectivity index (χ4n) is 5.92. The predicted molar refractivity (Wildman–Crippen MR) is 193 cm³/mol. The summed E-state index contributed by atoms with van der Waals surface area (Å²) in [7, 11) is 0. The maximum Gasteiger partial charge on any atom is 0.311 e. The Kier molecular flexibility index (Phi) is 35.6. The summed E-state index contributed by atoms with van der Waals surface area (Å²) in [5.41, 5.74) is -0.421. The Labute approximate surface area is 276 Å². The molecule has 1 amide bonds. The van der Waals surface area contributed by atoms with Crippen LogP contribution in [0.4, 0.5) is 0 Å². The number of carbonyl (C=O) groups excluding carboxylic acids is 2. The van der Waals surface area contributed by atoms with Crippen molar-refractivity contribution in [3.05, 3.63) is 0 Å². The number of hydrogen-bond acceptors (Lipinski definition) is 4. The monoisotopic (exact) mass is 625 g/mol. The van der Waals surface area contributed by atoms with Crippen molar-refractivity contribution >= 4 is 11.9 Å². The summed E-state index contributed by atoms with van der Waals surface area (Å²) in [6.07, 6.45) is 38.2. The van der Waals surface area contributed by atoms with Crippen LogP contribution in [-0.4, -0.2) is 25.0 Å². The molecule has 0 aliphatic rings. The molecular formula is C39H80N2O3.